The van der Waals surface area contributed by atoms with Crippen LogP contribution >= 0.6 is 11.3 Å². The zero-order valence-electron chi connectivity index (χ0n) is 12.7. The molecule has 0 amide bonds. The second-order valence-corrected chi connectivity index (χ2v) is 6.79. The largest absolute Gasteiger partial charge is 0.379 e. The van der Waals surface area contributed by atoms with Gasteiger partial charge in [-0.1, -0.05) is 0 Å². The summed E-state index contributed by atoms with van der Waals surface area (Å²) < 4.78 is 5.44. The number of hydrogen-bond donors (Lipinski definition) is 0. The average Bonchev–Trinajstić information content (AvgIpc) is 3.16. The van der Waals surface area contributed by atoms with E-state index in [1.807, 2.05) is 11.6 Å². The highest BCUT2D eigenvalue weighted by atomic mass is 32.1. The number of rotatable bonds is 3. The normalized spacial score (nSPS) is 18.3. The first-order valence-corrected chi connectivity index (χ1v) is 8.57. The zero-order valence-corrected chi connectivity index (χ0v) is 13.5. The first-order chi connectivity index (χ1) is 10.8. The van der Waals surface area contributed by atoms with Crippen molar-refractivity contribution >= 4 is 22.7 Å². The van der Waals surface area contributed by atoms with Crippen LogP contribution in [0.2, 0.25) is 0 Å². The lowest BCUT2D eigenvalue weighted by Gasteiger charge is -2.27. The lowest BCUT2D eigenvalue weighted by molar-refractivity contribution is 0.0342. The number of nitrogens with zero attached hydrogens (tertiary/aromatic N) is 3. The Morgan fingerprint density at radius 3 is 2.91 bits per heavy atom. The standard InChI is InChI=1S/C17H19N3OS/c1-12-8-14-15(17-18-2-7-22-17)9-13(10-16(14)19-12)11-20-3-5-21-6-4-20/h2,7,9-10H,3-6,8,11H2,1H3. The molecular weight excluding hydrogens is 294 g/mol. The van der Waals surface area contributed by atoms with Crippen molar-refractivity contribution in [1.29, 1.82) is 0 Å². The Bertz CT molecular complexity index is 703. The number of ether oxygens (including phenoxy) is 1. The van der Waals surface area contributed by atoms with Crippen LogP contribution in [0.3, 0.4) is 0 Å². The van der Waals surface area contributed by atoms with Gasteiger partial charge in [-0.2, -0.15) is 0 Å². The molecule has 5 heteroatoms. The Morgan fingerprint density at radius 2 is 2.14 bits per heavy atom. The molecule has 0 spiro atoms. The molecular formula is C17H19N3OS. The molecule has 1 aromatic carbocycles. The van der Waals surface area contributed by atoms with Gasteiger partial charge in [0.2, 0.25) is 0 Å². The summed E-state index contributed by atoms with van der Waals surface area (Å²) in [4.78, 5) is 11.7. The highest BCUT2D eigenvalue weighted by Crippen LogP contribution is 2.38. The molecule has 0 atom stereocenters. The second-order valence-electron chi connectivity index (χ2n) is 5.89. The van der Waals surface area contributed by atoms with Gasteiger partial charge in [-0.25, -0.2) is 4.98 Å². The quantitative estimate of drug-likeness (QED) is 0.872. The SMILES string of the molecule is CC1=Nc2cc(CN3CCOCC3)cc(-c3nccs3)c2C1. The van der Waals surface area contributed by atoms with Crippen molar-refractivity contribution in [2.45, 2.75) is 19.9 Å². The molecule has 2 aliphatic heterocycles. The summed E-state index contributed by atoms with van der Waals surface area (Å²) in [5.41, 5.74) is 6.24. The summed E-state index contributed by atoms with van der Waals surface area (Å²) in [7, 11) is 0. The minimum absolute atomic E-state index is 0.835. The number of aliphatic imine (C=N–C) groups is 1. The van der Waals surface area contributed by atoms with Gasteiger partial charge in [0.1, 0.15) is 5.01 Å². The summed E-state index contributed by atoms with van der Waals surface area (Å²) in [5.74, 6) is 0. The Labute approximate surface area is 134 Å². The number of benzene rings is 1. The fraction of sp³-hybridized carbons (Fsp3) is 0.412. The molecule has 0 unspecified atom stereocenters. The van der Waals surface area contributed by atoms with E-state index in [2.05, 4.69) is 28.9 Å². The Kier molecular flexibility index (Phi) is 3.78. The van der Waals surface area contributed by atoms with E-state index < -0.39 is 0 Å². The molecule has 0 N–H and O–H groups in total. The Balaban J connectivity index is 1.70. The molecule has 3 heterocycles. The van der Waals surface area contributed by atoms with E-state index >= 15 is 0 Å². The molecule has 4 rings (SSSR count). The summed E-state index contributed by atoms with van der Waals surface area (Å²) in [6.07, 6.45) is 2.83. The van der Waals surface area contributed by atoms with Crippen LogP contribution in [0.15, 0.2) is 28.7 Å². The topological polar surface area (TPSA) is 37.7 Å². The van der Waals surface area contributed by atoms with Crippen LogP contribution in [0.25, 0.3) is 10.6 Å². The van der Waals surface area contributed by atoms with Crippen LogP contribution in [-0.4, -0.2) is 41.9 Å². The molecule has 2 aromatic rings. The molecule has 0 radical (unpaired) electrons. The third-order valence-electron chi connectivity index (χ3n) is 4.20. The summed E-state index contributed by atoms with van der Waals surface area (Å²) in [6.45, 7) is 6.75. The fourth-order valence-corrected chi connectivity index (χ4v) is 3.84. The lowest BCUT2D eigenvalue weighted by Crippen LogP contribution is -2.35. The summed E-state index contributed by atoms with van der Waals surface area (Å²) >= 11 is 1.70. The van der Waals surface area contributed by atoms with Crippen molar-refractivity contribution in [1.82, 2.24) is 9.88 Å². The van der Waals surface area contributed by atoms with Gasteiger partial charge in [0.25, 0.3) is 0 Å². The third kappa shape index (κ3) is 2.72. The summed E-state index contributed by atoms with van der Waals surface area (Å²) in [5, 5.41) is 3.14. The maximum Gasteiger partial charge on any atom is 0.123 e. The number of thiazole rings is 1. The molecule has 1 aromatic heterocycles. The van der Waals surface area contributed by atoms with Gasteiger partial charge in [-0.3, -0.25) is 9.89 Å². The van der Waals surface area contributed by atoms with Gasteiger partial charge in [0.15, 0.2) is 0 Å². The first-order valence-electron chi connectivity index (χ1n) is 7.69. The van der Waals surface area contributed by atoms with Crippen molar-refractivity contribution in [3.63, 3.8) is 0 Å². The lowest BCUT2D eigenvalue weighted by atomic mass is 9.99. The van der Waals surface area contributed by atoms with Crippen LogP contribution in [0.4, 0.5) is 5.69 Å². The smallest absolute Gasteiger partial charge is 0.123 e. The van der Waals surface area contributed by atoms with Gasteiger partial charge in [-0.05, 0) is 30.2 Å². The molecule has 114 valence electrons. The summed E-state index contributed by atoms with van der Waals surface area (Å²) in [6, 6.07) is 4.56. The molecule has 2 aliphatic rings. The molecule has 1 fully saturated rings. The van der Waals surface area contributed by atoms with E-state index in [4.69, 9.17) is 9.73 Å². The predicted octanol–water partition coefficient (Wildman–Crippen LogP) is 3.29. The number of aromatic nitrogens is 1. The Hall–Kier alpha value is -1.56. The number of morpholine rings is 1. The highest BCUT2D eigenvalue weighted by Gasteiger charge is 2.20. The van der Waals surface area contributed by atoms with Crippen molar-refractivity contribution in [2.75, 3.05) is 26.3 Å². The van der Waals surface area contributed by atoms with Crippen molar-refractivity contribution in [3.05, 3.63) is 34.8 Å². The molecule has 0 bridgehead atoms. The van der Waals surface area contributed by atoms with Crippen LogP contribution in [-0.2, 0) is 17.7 Å². The zero-order chi connectivity index (χ0) is 14.9. The first kappa shape index (κ1) is 14.1. The van der Waals surface area contributed by atoms with E-state index in [9.17, 15) is 0 Å². The predicted molar refractivity (Wildman–Crippen MR) is 90.1 cm³/mol. The maximum atomic E-state index is 5.44. The molecule has 4 nitrogen and oxygen atoms in total. The van der Waals surface area contributed by atoms with E-state index in [1.54, 1.807) is 11.3 Å². The van der Waals surface area contributed by atoms with E-state index in [-0.39, 0.29) is 0 Å². The van der Waals surface area contributed by atoms with Crippen molar-refractivity contribution < 1.29 is 4.74 Å². The van der Waals surface area contributed by atoms with Gasteiger partial charge in [-0.15, -0.1) is 11.3 Å². The number of hydrogen-bond acceptors (Lipinski definition) is 5. The second kappa shape index (κ2) is 5.91. The molecule has 22 heavy (non-hydrogen) atoms. The Morgan fingerprint density at radius 1 is 1.27 bits per heavy atom. The molecule has 0 aliphatic carbocycles. The van der Waals surface area contributed by atoms with Crippen LogP contribution in [0.5, 0.6) is 0 Å². The van der Waals surface area contributed by atoms with Gasteiger partial charge >= 0.3 is 0 Å². The van der Waals surface area contributed by atoms with E-state index in [0.717, 1.165) is 50.0 Å². The molecule has 1 saturated heterocycles. The highest BCUT2D eigenvalue weighted by molar-refractivity contribution is 7.13. The maximum absolute atomic E-state index is 5.44. The van der Waals surface area contributed by atoms with Gasteiger partial charge in [0.05, 0.1) is 18.9 Å². The minimum Gasteiger partial charge on any atom is -0.379 e. The van der Waals surface area contributed by atoms with Crippen LogP contribution < -0.4 is 0 Å². The molecule has 0 saturated carbocycles. The van der Waals surface area contributed by atoms with E-state index in [0.29, 0.717) is 0 Å². The van der Waals surface area contributed by atoms with E-state index in [1.165, 1.54) is 22.4 Å². The van der Waals surface area contributed by atoms with Crippen molar-refractivity contribution in [2.24, 2.45) is 4.99 Å². The van der Waals surface area contributed by atoms with Crippen molar-refractivity contribution in [3.8, 4) is 10.6 Å². The van der Waals surface area contributed by atoms with Gasteiger partial charge < -0.3 is 4.74 Å². The average molecular weight is 313 g/mol. The third-order valence-corrected chi connectivity index (χ3v) is 5.01. The minimum atomic E-state index is 0.835. The fourth-order valence-electron chi connectivity index (χ4n) is 3.16. The van der Waals surface area contributed by atoms with Gasteiger partial charge in [0, 0.05) is 48.9 Å². The number of fused-ring (bicyclic) bond motifs is 1. The van der Waals surface area contributed by atoms with Crippen LogP contribution in [0, 0.1) is 0 Å². The van der Waals surface area contributed by atoms with Crippen LogP contribution in [0.1, 0.15) is 18.1 Å². The monoisotopic (exact) mass is 313 g/mol.